The number of benzene rings is 1. The van der Waals surface area contributed by atoms with Gasteiger partial charge in [-0.2, -0.15) is 0 Å². The van der Waals surface area contributed by atoms with Gasteiger partial charge in [-0.3, -0.25) is 4.90 Å². The number of hydrogen-bond donors (Lipinski definition) is 1. The lowest BCUT2D eigenvalue weighted by atomic mass is 10.2. The number of halogens is 1. The van der Waals surface area contributed by atoms with Gasteiger partial charge in [-0.1, -0.05) is 29.8 Å². The van der Waals surface area contributed by atoms with E-state index in [0.29, 0.717) is 6.04 Å². The van der Waals surface area contributed by atoms with Crippen LogP contribution in [0, 0.1) is 0 Å². The van der Waals surface area contributed by atoms with Crippen LogP contribution in [0.3, 0.4) is 0 Å². The Bertz CT molecular complexity index is 554. The maximum Gasteiger partial charge on any atom is 0.0637 e. The Balaban J connectivity index is 1.88. The Hall–Kier alpha value is -0.610. The molecule has 0 spiro atoms. The predicted octanol–water partition coefficient (Wildman–Crippen LogP) is 3.51. The molecule has 1 fully saturated rings. The molecule has 4 heteroatoms. The number of aliphatic hydroxyl groups excluding tert-OH is 1. The number of fused-ring (bicyclic) bond motifs is 1. The van der Waals surface area contributed by atoms with Gasteiger partial charge in [0.1, 0.15) is 0 Å². The molecule has 18 heavy (non-hydrogen) atoms. The highest BCUT2D eigenvalue weighted by atomic mass is 35.5. The smallest absolute Gasteiger partial charge is 0.0637 e. The fourth-order valence-electron chi connectivity index (χ4n) is 2.66. The quantitative estimate of drug-likeness (QED) is 0.931. The van der Waals surface area contributed by atoms with E-state index < -0.39 is 0 Å². The van der Waals surface area contributed by atoms with Crippen LogP contribution in [0.15, 0.2) is 24.3 Å². The third kappa shape index (κ3) is 2.16. The van der Waals surface area contributed by atoms with Gasteiger partial charge in [0, 0.05) is 27.5 Å². The van der Waals surface area contributed by atoms with Crippen LogP contribution in [0.2, 0.25) is 5.02 Å². The molecule has 3 rings (SSSR count). The molecule has 2 aromatic rings. The standard InChI is InChI=1S/C14H16ClNOS/c15-14-11-5-1-2-6-12(11)18-13(14)8-16-7-3-4-10(16)9-17/h1-2,5-6,10,17H,3-4,7-9H2/t10-/m1/s1. The van der Waals surface area contributed by atoms with Gasteiger partial charge in [-0.25, -0.2) is 0 Å². The summed E-state index contributed by atoms with van der Waals surface area (Å²) >= 11 is 8.22. The van der Waals surface area contributed by atoms with Crippen molar-refractivity contribution in [2.45, 2.75) is 25.4 Å². The van der Waals surface area contributed by atoms with Crippen molar-refractivity contribution in [3.63, 3.8) is 0 Å². The van der Waals surface area contributed by atoms with E-state index in [1.807, 2.05) is 12.1 Å². The molecule has 1 aliphatic heterocycles. The largest absolute Gasteiger partial charge is 0.395 e. The van der Waals surface area contributed by atoms with Gasteiger partial charge in [0.2, 0.25) is 0 Å². The summed E-state index contributed by atoms with van der Waals surface area (Å²) in [5.41, 5.74) is 0. The highest BCUT2D eigenvalue weighted by Crippen LogP contribution is 2.36. The van der Waals surface area contributed by atoms with Crippen molar-refractivity contribution < 1.29 is 5.11 Å². The zero-order chi connectivity index (χ0) is 12.5. The van der Waals surface area contributed by atoms with E-state index in [2.05, 4.69) is 17.0 Å². The molecular formula is C14H16ClNOS. The van der Waals surface area contributed by atoms with Gasteiger partial charge < -0.3 is 5.11 Å². The van der Waals surface area contributed by atoms with E-state index in [1.165, 1.54) is 16.0 Å². The molecule has 2 nitrogen and oxygen atoms in total. The predicted molar refractivity (Wildman–Crippen MR) is 77.4 cm³/mol. The van der Waals surface area contributed by atoms with Crippen molar-refractivity contribution in [3.8, 4) is 0 Å². The van der Waals surface area contributed by atoms with Crippen LogP contribution in [0.5, 0.6) is 0 Å². The number of nitrogens with zero attached hydrogens (tertiary/aromatic N) is 1. The van der Waals surface area contributed by atoms with Crippen LogP contribution >= 0.6 is 22.9 Å². The minimum atomic E-state index is 0.252. The minimum absolute atomic E-state index is 0.252. The topological polar surface area (TPSA) is 23.5 Å². The molecule has 0 unspecified atom stereocenters. The Morgan fingerprint density at radius 3 is 3.00 bits per heavy atom. The van der Waals surface area contributed by atoms with Gasteiger partial charge in [0.25, 0.3) is 0 Å². The summed E-state index contributed by atoms with van der Waals surface area (Å²) < 4.78 is 1.25. The summed E-state index contributed by atoms with van der Waals surface area (Å²) in [7, 11) is 0. The Morgan fingerprint density at radius 1 is 1.39 bits per heavy atom. The lowest BCUT2D eigenvalue weighted by Gasteiger charge is -2.21. The second kappa shape index (κ2) is 5.17. The monoisotopic (exact) mass is 281 g/mol. The van der Waals surface area contributed by atoms with Crippen LogP contribution in [-0.2, 0) is 6.54 Å². The summed E-state index contributed by atoms with van der Waals surface area (Å²) in [5, 5.41) is 11.4. The van der Waals surface area contributed by atoms with Crippen molar-refractivity contribution in [1.82, 2.24) is 4.90 Å². The second-order valence-corrected chi connectivity index (χ2v) is 6.30. The first-order chi connectivity index (χ1) is 8.79. The van der Waals surface area contributed by atoms with E-state index in [1.54, 1.807) is 11.3 Å². The number of aliphatic hydroxyl groups is 1. The number of rotatable bonds is 3. The molecule has 96 valence electrons. The third-order valence-corrected chi connectivity index (χ3v) is 5.36. The van der Waals surface area contributed by atoms with Crippen LogP contribution < -0.4 is 0 Å². The molecule has 1 atom stereocenters. The van der Waals surface area contributed by atoms with E-state index in [0.717, 1.165) is 29.9 Å². The third-order valence-electron chi connectivity index (χ3n) is 3.66. The fraction of sp³-hybridized carbons (Fsp3) is 0.429. The lowest BCUT2D eigenvalue weighted by molar-refractivity contribution is 0.154. The van der Waals surface area contributed by atoms with Crippen LogP contribution in [0.1, 0.15) is 17.7 Å². The first kappa shape index (κ1) is 12.4. The molecule has 1 saturated heterocycles. The molecular weight excluding hydrogens is 266 g/mol. The molecule has 1 N–H and O–H groups in total. The molecule has 0 amide bonds. The van der Waals surface area contributed by atoms with Gasteiger partial charge in [-0.15, -0.1) is 11.3 Å². The van der Waals surface area contributed by atoms with Crippen molar-refractivity contribution in [2.24, 2.45) is 0 Å². The highest BCUT2D eigenvalue weighted by molar-refractivity contribution is 7.19. The van der Waals surface area contributed by atoms with Gasteiger partial charge >= 0.3 is 0 Å². The summed E-state index contributed by atoms with van der Waals surface area (Å²) in [4.78, 5) is 3.56. The molecule has 1 aromatic heterocycles. The Kier molecular flexibility index (Phi) is 3.57. The van der Waals surface area contributed by atoms with Crippen LogP contribution in [0.25, 0.3) is 10.1 Å². The van der Waals surface area contributed by atoms with Gasteiger partial charge in [-0.05, 0) is 25.5 Å². The molecule has 0 radical (unpaired) electrons. The van der Waals surface area contributed by atoms with E-state index in [4.69, 9.17) is 11.6 Å². The Morgan fingerprint density at radius 2 is 2.22 bits per heavy atom. The number of thiophene rings is 1. The summed E-state index contributed by atoms with van der Waals surface area (Å²) in [6.45, 7) is 2.18. The average molecular weight is 282 g/mol. The van der Waals surface area contributed by atoms with E-state index in [-0.39, 0.29) is 6.61 Å². The summed E-state index contributed by atoms with van der Waals surface area (Å²) in [6.07, 6.45) is 2.27. The van der Waals surface area contributed by atoms with Crippen molar-refractivity contribution in [1.29, 1.82) is 0 Å². The van der Waals surface area contributed by atoms with Crippen molar-refractivity contribution in [3.05, 3.63) is 34.2 Å². The van der Waals surface area contributed by atoms with Crippen LogP contribution in [0.4, 0.5) is 0 Å². The van der Waals surface area contributed by atoms with Crippen molar-refractivity contribution >= 4 is 33.0 Å². The molecule has 0 saturated carbocycles. The van der Waals surface area contributed by atoms with E-state index >= 15 is 0 Å². The molecule has 2 heterocycles. The molecule has 1 aromatic carbocycles. The first-order valence-corrected chi connectivity index (χ1v) is 7.50. The Labute approximate surface area is 116 Å². The minimum Gasteiger partial charge on any atom is -0.395 e. The normalized spacial score (nSPS) is 20.9. The zero-order valence-electron chi connectivity index (χ0n) is 10.1. The maximum atomic E-state index is 9.35. The van der Waals surface area contributed by atoms with Crippen LogP contribution in [-0.4, -0.2) is 29.2 Å². The first-order valence-electron chi connectivity index (χ1n) is 6.30. The lowest BCUT2D eigenvalue weighted by Crippen LogP contribution is -2.31. The number of likely N-dealkylation sites (tertiary alicyclic amines) is 1. The average Bonchev–Trinajstić information content (AvgIpc) is 2.96. The summed E-state index contributed by atoms with van der Waals surface area (Å²) in [6, 6.07) is 8.57. The zero-order valence-corrected chi connectivity index (χ0v) is 11.7. The fourth-order valence-corrected chi connectivity index (χ4v) is 4.18. The molecule has 1 aliphatic rings. The van der Waals surface area contributed by atoms with Gasteiger partial charge in [0.05, 0.1) is 11.6 Å². The number of hydrogen-bond acceptors (Lipinski definition) is 3. The highest BCUT2D eigenvalue weighted by Gasteiger charge is 2.25. The van der Waals surface area contributed by atoms with E-state index in [9.17, 15) is 5.11 Å². The van der Waals surface area contributed by atoms with Crippen molar-refractivity contribution in [2.75, 3.05) is 13.2 Å². The van der Waals surface area contributed by atoms with Gasteiger partial charge in [0.15, 0.2) is 0 Å². The SMILES string of the molecule is OC[C@H]1CCCN1Cc1sc2ccccc2c1Cl. The second-order valence-electron chi connectivity index (χ2n) is 4.78. The molecule has 0 bridgehead atoms. The maximum absolute atomic E-state index is 9.35. The summed E-state index contributed by atoms with van der Waals surface area (Å²) in [5.74, 6) is 0. The molecule has 0 aliphatic carbocycles.